The largest absolute Gasteiger partial charge is 0.378 e. The Morgan fingerprint density at radius 3 is 2.68 bits per heavy atom. The summed E-state index contributed by atoms with van der Waals surface area (Å²) in [7, 11) is 0. The number of hydrogen-bond acceptors (Lipinski definition) is 6. The standard InChI is InChI=1S/C23H27F2N5O/c1-4-23(24,25)18-7-5-6-17(12-18)15(2)27-22-19-13-21(30-8-10-31-11-9-30)26-14-20(19)16(3)28-29-22/h5-7,12-15H,4,8-11H2,1-3H3,(H,27,29)/t15-/m1/s1. The van der Waals surface area contributed by atoms with Crippen LogP contribution >= 0.6 is 0 Å². The Labute approximate surface area is 180 Å². The van der Waals surface area contributed by atoms with Crippen molar-refractivity contribution in [3.8, 4) is 0 Å². The summed E-state index contributed by atoms with van der Waals surface area (Å²) in [6.07, 6.45) is 1.59. The van der Waals surface area contributed by atoms with Crippen molar-refractivity contribution in [1.29, 1.82) is 0 Å². The molecule has 1 atom stereocenters. The monoisotopic (exact) mass is 427 g/mol. The Hall–Kier alpha value is -2.87. The van der Waals surface area contributed by atoms with Crippen LogP contribution in [0.5, 0.6) is 0 Å². The Morgan fingerprint density at radius 2 is 1.94 bits per heavy atom. The van der Waals surface area contributed by atoms with E-state index in [2.05, 4.69) is 25.4 Å². The zero-order valence-corrected chi connectivity index (χ0v) is 18.0. The first-order chi connectivity index (χ1) is 14.9. The number of anilines is 2. The van der Waals surface area contributed by atoms with Gasteiger partial charge in [-0.15, -0.1) is 5.10 Å². The SMILES string of the molecule is CCC(F)(F)c1cccc([C@@H](C)Nc2nnc(C)c3cnc(N4CCOCC4)cc23)c1. The van der Waals surface area contributed by atoms with E-state index in [1.165, 1.54) is 13.0 Å². The van der Waals surface area contributed by atoms with E-state index in [1.54, 1.807) is 12.1 Å². The molecule has 1 aromatic carbocycles. The van der Waals surface area contributed by atoms with E-state index in [0.717, 1.165) is 40.9 Å². The second kappa shape index (κ2) is 8.70. The van der Waals surface area contributed by atoms with Gasteiger partial charge in [0.05, 0.1) is 24.9 Å². The molecule has 0 amide bonds. The summed E-state index contributed by atoms with van der Waals surface area (Å²) in [5.74, 6) is -1.37. The average Bonchev–Trinajstić information content (AvgIpc) is 2.81. The number of hydrogen-bond donors (Lipinski definition) is 1. The first-order valence-electron chi connectivity index (χ1n) is 10.6. The number of fused-ring (bicyclic) bond motifs is 1. The van der Waals surface area contributed by atoms with Crippen LogP contribution in [-0.4, -0.2) is 41.5 Å². The minimum absolute atomic E-state index is 0.0276. The van der Waals surface area contributed by atoms with E-state index < -0.39 is 5.92 Å². The summed E-state index contributed by atoms with van der Waals surface area (Å²) >= 11 is 0. The summed E-state index contributed by atoms with van der Waals surface area (Å²) < 4.78 is 33.8. The van der Waals surface area contributed by atoms with Crippen molar-refractivity contribution in [2.45, 2.75) is 39.2 Å². The van der Waals surface area contributed by atoms with Crippen molar-refractivity contribution in [3.63, 3.8) is 0 Å². The Balaban J connectivity index is 1.66. The van der Waals surface area contributed by atoms with E-state index in [0.29, 0.717) is 19.0 Å². The first kappa shape index (κ1) is 21.4. The van der Waals surface area contributed by atoms with Gasteiger partial charge in [0.2, 0.25) is 0 Å². The van der Waals surface area contributed by atoms with Crippen molar-refractivity contribution in [2.75, 3.05) is 36.5 Å². The zero-order valence-electron chi connectivity index (χ0n) is 18.0. The van der Waals surface area contributed by atoms with Crippen molar-refractivity contribution in [2.24, 2.45) is 0 Å². The number of alkyl halides is 2. The predicted molar refractivity (Wildman–Crippen MR) is 118 cm³/mol. The maximum absolute atomic E-state index is 14.2. The Kier molecular flexibility index (Phi) is 6.00. The third-order valence-corrected chi connectivity index (χ3v) is 5.78. The molecule has 8 heteroatoms. The van der Waals surface area contributed by atoms with Crippen LogP contribution in [0.1, 0.15) is 43.1 Å². The lowest BCUT2D eigenvalue weighted by Crippen LogP contribution is -2.36. The van der Waals surface area contributed by atoms with Crippen LogP contribution in [0.4, 0.5) is 20.4 Å². The molecule has 1 fully saturated rings. The second-order valence-electron chi connectivity index (χ2n) is 7.87. The van der Waals surface area contributed by atoms with Crippen LogP contribution in [0.2, 0.25) is 0 Å². The highest BCUT2D eigenvalue weighted by molar-refractivity contribution is 5.94. The molecule has 164 valence electrons. The van der Waals surface area contributed by atoms with Crippen molar-refractivity contribution < 1.29 is 13.5 Å². The molecule has 0 bridgehead atoms. The molecule has 6 nitrogen and oxygen atoms in total. The van der Waals surface area contributed by atoms with E-state index in [9.17, 15) is 8.78 Å². The number of morpholine rings is 1. The minimum atomic E-state index is -2.84. The Bertz CT molecular complexity index is 1070. The zero-order chi connectivity index (χ0) is 22.0. The summed E-state index contributed by atoms with van der Waals surface area (Å²) in [6, 6.07) is 8.34. The molecule has 1 aliphatic heterocycles. The van der Waals surface area contributed by atoms with Gasteiger partial charge in [-0.3, -0.25) is 0 Å². The maximum Gasteiger partial charge on any atom is 0.273 e. The molecule has 3 heterocycles. The molecular formula is C23H27F2N5O. The first-order valence-corrected chi connectivity index (χ1v) is 10.6. The molecular weight excluding hydrogens is 400 g/mol. The Morgan fingerprint density at radius 1 is 1.16 bits per heavy atom. The predicted octanol–water partition coefficient (Wildman–Crippen LogP) is 4.84. The van der Waals surface area contributed by atoms with Gasteiger partial charge in [-0.05, 0) is 31.5 Å². The lowest BCUT2D eigenvalue weighted by Gasteiger charge is -2.28. The molecule has 2 aromatic heterocycles. The molecule has 0 radical (unpaired) electrons. The van der Waals surface area contributed by atoms with Crippen molar-refractivity contribution >= 4 is 22.4 Å². The smallest absolute Gasteiger partial charge is 0.273 e. The number of pyridine rings is 1. The van der Waals surface area contributed by atoms with E-state index in [-0.39, 0.29) is 18.0 Å². The van der Waals surface area contributed by atoms with Crippen LogP contribution in [0.25, 0.3) is 10.8 Å². The third-order valence-electron chi connectivity index (χ3n) is 5.78. The number of benzene rings is 1. The van der Waals surface area contributed by atoms with Gasteiger partial charge in [-0.2, -0.15) is 5.10 Å². The van der Waals surface area contributed by atoms with Gasteiger partial charge in [0.15, 0.2) is 5.82 Å². The highest BCUT2D eigenvalue weighted by Crippen LogP contribution is 2.34. The van der Waals surface area contributed by atoms with Gasteiger partial charge in [-0.1, -0.05) is 25.1 Å². The molecule has 31 heavy (non-hydrogen) atoms. The highest BCUT2D eigenvalue weighted by Gasteiger charge is 2.29. The van der Waals surface area contributed by atoms with Crippen LogP contribution in [0.15, 0.2) is 36.5 Å². The molecule has 4 rings (SSSR count). The molecule has 1 saturated heterocycles. The molecule has 0 aliphatic carbocycles. The fourth-order valence-corrected chi connectivity index (χ4v) is 3.76. The van der Waals surface area contributed by atoms with Crippen LogP contribution in [-0.2, 0) is 10.7 Å². The summed E-state index contributed by atoms with van der Waals surface area (Å²) in [5.41, 5.74) is 1.59. The third kappa shape index (κ3) is 4.44. The highest BCUT2D eigenvalue weighted by atomic mass is 19.3. The molecule has 0 saturated carbocycles. The maximum atomic E-state index is 14.2. The summed E-state index contributed by atoms with van der Waals surface area (Å²) in [4.78, 5) is 6.79. The van der Waals surface area contributed by atoms with E-state index in [1.807, 2.05) is 32.2 Å². The van der Waals surface area contributed by atoms with Gasteiger partial charge >= 0.3 is 0 Å². The number of aryl methyl sites for hydroxylation is 1. The molecule has 1 aliphatic rings. The van der Waals surface area contributed by atoms with Gasteiger partial charge in [0, 0.05) is 42.0 Å². The second-order valence-corrected chi connectivity index (χ2v) is 7.87. The fraction of sp³-hybridized carbons (Fsp3) is 0.435. The number of ether oxygens (including phenoxy) is 1. The number of rotatable bonds is 6. The molecule has 0 spiro atoms. The average molecular weight is 427 g/mol. The number of halogens is 2. The van der Waals surface area contributed by atoms with Crippen LogP contribution in [0.3, 0.4) is 0 Å². The topological polar surface area (TPSA) is 63.2 Å². The summed E-state index contributed by atoms with van der Waals surface area (Å²) in [5, 5.41) is 13.8. The van der Waals surface area contributed by atoms with Crippen LogP contribution < -0.4 is 10.2 Å². The lowest BCUT2D eigenvalue weighted by atomic mass is 10.00. The number of aromatic nitrogens is 3. The molecule has 0 unspecified atom stereocenters. The van der Waals surface area contributed by atoms with E-state index >= 15 is 0 Å². The normalized spacial score (nSPS) is 15.8. The van der Waals surface area contributed by atoms with Gasteiger partial charge in [-0.25, -0.2) is 13.8 Å². The minimum Gasteiger partial charge on any atom is -0.378 e. The molecule has 1 N–H and O–H groups in total. The summed E-state index contributed by atoms with van der Waals surface area (Å²) in [6.45, 7) is 8.24. The van der Waals surface area contributed by atoms with Gasteiger partial charge in [0.25, 0.3) is 5.92 Å². The lowest BCUT2D eigenvalue weighted by molar-refractivity contribution is -0.00836. The number of nitrogens with zero attached hydrogens (tertiary/aromatic N) is 4. The quantitative estimate of drug-likeness (QED) is 0.607. The van der Waals surface area contributed by atoms with Gasteiger partial charge in [0.1, 0.15) is 5.82 Å². The molecule has 3 aromatic rings. The van der Waals surface area contributed by atoms with Gasteiger partial charge < -0.3 is 15.0 Å². The number of nitrogens with one attached hydrogen (secondary N) is 1. The van der Waals surface area contributed by atoms with Crippen LogP contribution in [0, 0.1) is 6.92 Å². The van der Waals surface area contributed by atoms with Crippen molar-refractivity contribution in [3.05, 3.63) is 53.3 Å². The van der Waals surface area contributed by atoms with E-state index in [4.69, 9.17) is 4.74 Å². The fourth-order valence-electron chi connectivity index (χ4n) is 3.76. The van der Waals surface area contributed by atoms with Crippen molar-refractivity contribution in [1.82, 2.24) is 15.2 Å².